The third-order valence-electron chi connectivity index (χ3n) is 5.81. The maximum absolute atomic E-state index is 14.4. The minimum absolute atomic E-state index is 0.0745. The number of carbonyl (C=O) groups is 2. The molecule has 7 nitrogen and oxygen atoms in total. The van der Waals surface area contributed by atoms with Gasteiger partial charge in [-0.05, 0) is 54.8 Å². The van der Waals surface area contributed by atoms with Crippen molar-refractivity contribution in [1.29, 1.82) is 0 Å². The molecule has 0 spiro atoms. The molecule has 3 rings (SSSR count). The number of halogens is 7. The number of benzene rings is 1. The zero-order chi connectivity index (χ0) is 27.2. The summed E-state index contributed by atoms with van der Waals surface area (Å²) in [5.74, 6) is -5.55. The second-order valence-corrected chi connectivity index (χ2v) is 10.1. The van der Waals surface area contributed by atoms with E-state index in [0.717, 1.165) is 9.47 Å². The van der Waals surface area contributed by atoms with Crippen LogP contribution in [0.25, 0.3) is 0 Å². The van der Waals surface area contributed by atoms with Crippen LogP contribution in [0.3, 0.4) is 0 Å². The summed E-state index contributed by atoms with van der Waals surface area (Å²) in [6.45, 7) is 4.13. The van der Waals surface area contributed by atoms with Crippen LogP contribution in [0.15, 0.2) is 16.7 Å². The standard InChI is InChI=1S/C22H23BrF6N4O3/c1-21(2,3)33(20(35)36)12(6-11-7-14(25)15(26)9-13(11)24)8-17(34)31-4-5-32-16(10-31)18(23)30-19(32)22(27,28)29/h7,9,12H,4-6,8,10H2,1-3H3,(H,35,36). The van der Waals surface area contributed by atoms with Crippen LogP contribution in [0, 0.1) is 17.5 Å². The van der Waals surface area contributed by atoms with E-state index in [1.807, 2.05) is 0 Å². The number of hydrogen-bond donors (Lipinski definition) is 1. The summed E-state index contributed by atoms with van der Waals surface area (Å²) >= 11 is 2.99. The Bertz CT molecular complexity index is 1180. The first-order valence-corrected chi connectivity index (χ1v) is 11.6. The maximum atomic E-state index is 14.4. The zero-order valence-electron chi connectivity index (χ0n) is 19.5. The van der Waals surface area contributed by atoms with Gasteiger partial charge >= 0.3 is 12.3 Å². The normalized spacial score (nSPS) is 15.0. The molecule has 1 aromatic carbocycles. The first kappa shape index (κ1) is 27.8. The first-order chi connectivity index (χ1) is 16.5. The average molecular weight is 585 g/mol. The summed E-state index contributed by atoms with van der Waals surface area (Å²) in [7, 11) is 0. The van der Waals surface area contributed by atoms with Crippen LogP contribution in [0.1, 0.15) is 44.3 Å². The topological polar surface area (TPSA) is 78.7 Å². The SMILES string of the molecule is CC(C)(C)N(C(=O)O)C(CC(=O)N1CCn2c(C(F)(F)F)nc(Br)c2C1)Cc1cc(F)c(F)cc1F. The van der Waals surface area contributed by atoms with Crippen molar-refractivity contribution < 1.29 is 41.0 Å². The number of amides is 2. The number of carboxylic acid groups (broad SMARTS) is 1. The van der Waals surface area contributed by atoms with E-state index in [1.165, 1.54) is 4.90 Å². The molecule has 0 aliphatic carbocycles. The number of alkyl halides is 3. The quantitative estimate of drug-likeness (QED) is 0.387. The van der Waals surface area contributed by atoms with E-state index in [-0.39, 0.29) is 35.5 Å². The van der Waals surface area contributed by atoms with Crippen LogP contribution in [-0.4, -0.2) is 54.6 Å². The Morgan fingerprint density at radius 3 is 2.28 bits per heavy atom. The van der Waals surface area contributed by atoms with Crippen LogP contribution < -0.4 is 0 Å². The fraction of sp³-hybridized carbons (Fsp3) is 0.500. The van der Waals surface area contributed by atoms with Crippen LogP contribution in [0.5, 0.6) is 0 Å². The smallest absolute Gasteiger partial charge is 0.449 e. The molecule has 2 aromatic rings. The summed E-state index contributed by atoms with van der Waals surface area (Å²) in [5, 5.41) is 9.84. The van der Waals surface area contributed by atoms with Crippen molar-refractivity contribution in [1.82, 2.24) is 19.4 Å². The van der Waals surface area contributed by atoms with Crippen LogP contribution in [0.4, 0.5) is 31.1 Å². The lowest BCUT2D eigenvalue weighted by Gasteiger charge is -2.40. The molecule has 1 aliphatic rings. The Morgan fingerprint density at radius 1 is 1.11 bits per heavy atom. The zero-order valence-corrected chi connectivity index (χ0v) is 21.1. The van der Waals surface area contributed by atoms with Gasteiger partial charge in [-0.3, -0.25) is 9.69 Å². The van der Waals surface area contributed by atoms with Crippen molar-refractivity contribution in [3.8, 4) is 0 Å². The highest BCUT2D eigenvalue weighted by Gasteiger charge is 2.41. The molecule has 2 amide bonds. The molecule has 0 bridgehead atoms. The maximum Gasteiger partial charge on any atom is 0.449 e. The molecule has 0 fully saturated rings. The van der Waals surface area contributed by atoms with Crippen molar-refractivity contribution in [2.75, 3.05) is 6.54 Å². The highest BCUT2D eigenvalue weighted by molar-refractivity contribution is 9.10. The van der Waals surface area contributed by atoms with Gasteiger partial charge in [-0.1, -0.05) is 0 Å². The lowest BCUT2D eigenvalue weighted by atomic mass is 9.95. The molecule has 36 heavy (non-hydrogen) atoms. The fourth-order valence-electron chi connectivity index (χ4n) is 4.31. The Morgan fingerprint density at radius 2 is 1.72 bits per heavy atom. The molecule has 14 heteroatoms. The molecule has 198 valence electrons. The Kier molecular flexibility index (Phi) is 7.68. The van der Waals surface area contributed by atoms with Gasteiger partial charge in [-0.2, -0.15) is 13.2 Å². The van der Waals surface area contributed by atoms with E-state index >= 15 is 0 Å². The van der Waals surface area contributed by atoms with Crippen LogP contribution in [0.2, 0.25) is 0 Å². The second kappa shape index (κ2) is 9.94. The van der Waals surface area contributed by atoms with E-state index in [2.05, 4.69) is 20.9 Å². The molecule has 1 aliphatic heterocycles. The highest BCUT2D eigenvalue weighted by atomic mass is 79.9. The van der Waals surface area contributed by atoms with Crippen molar-refractivity contribution in [2.45, 2.75) is 64.5 Å². The van der Waals surface area contributed by atoms with Gasteiger partial charge in [0.15, 0.2) is 11.6 Å². The molecule has 1 unspecified atom stereocenters. The van der Waals surface area contributed by atoms with Crippen molar-refractivity contribution in [2.24, 2.45) is 0 Å². The van der Waals surface area contributed by atoms with Gasteiger partial charge in [0.1, 0.15) is 10.4 Å². The third kappa shape index (κ3) is 5.79. The molecule has 0 radical (unpaired) electrons. The predicted molar refractivity (Wildman–Crippen MR) is 118 cm³/mol. The summed E-state index contributed by atoms with van der Waals surface area (Å²) in [4.78, 5) is 31.0. The molecule has 2 heterocycles. The second-order valence-electron chi connectivity index (χ2n) is 9.38. The van der Waals surface area contributed by atoms with Gasteiger partial charge in [-0.25, -0.2) is 22.9 Å². The minimum Gasteiger partial charge on any atom is -0.465 e. The van der Waals surface area contributed by atoms with Gasteiger partial charge in [-0.15, -0.1) is 0 Å². The molecule has 1 atom stereocenters. The molecular formula is C22H23BrF6N4O3. The largest absolute Gasteiger partial charge is 0.465 e. The number of nitrogens with zero attached hydrogens (tertiary/aromatic N) is 4. The third-order valence-corrected chi connectivity index (χ3v) is 6.45. The summed E-state index contributed by atoms with van der Waals surface area (Å²) < 4.78 is 82.2. The number of hydrogen-bond acceptors (Lipinski definition) is 3. The van der Waals surface area contributed by atoms with Crippen molar-refractivity contribution >= 4 is 27.9 Å². The lowest BCUT2D eigenvalue weighted by Crippen LogP contribution is -2.54. The fourth-order valence-corrected chi connectivity index (χ4v) is 4.82. The van der Waals surface area contributed by atoms with Crippen molar-refractivity contribution in [3.05, 3.63) is 51.3 Å². The molecule has 0 saturated heterocycles. The Labute approximate surface area is 210 Å². The van der Waals surface area contributed by atoms with Crippen LogP contribution >= 0.6 is 15.9 Å². The molecule has 1 N–H and O–H groups in total. The predicted octanol–water partition coefficient (Wildman–Crippen LogP) is 5.20. The summed E-state index contributed by atoms with van der Waals surface area (Å²) in [5.41, 5.74) is -1.26. The number of carbonyl (C=O) groups excluding carboxylic acids is 1. The Hall–Kier alpha value is -2.77. The Balaban J connectivity index is 1.90. The first-order valence-electron chi connectivity index (χ1n) is 10.8. The van der Waals surface area contributed by atoms with Crippen LogP contribution in [-0.2, 0) is 30.5 Å². The van der Waals surface area contributed by atoms with E-state index in [1.54, 1.807) is 20.8 Å². The van der Waals surface area contributed by atoms with Gasteiger partial charge in [0.2, 0.25) is 11.7 Å². The van der Waals surface area contributed by atoms with Gasteiger partial charge in [0, 0.05) is 37.2 Å². The number of aromatic nitrogens is 2. The van der Waals surface area contributed by atoms with E-state index in [9.17, 15) is 41.0 Å². The summed E-state index contributed by atoms with van der Waals surface area (Å²) in [6.07, 6.45) is -7.02. The monoisotopic (exact) mass is 584 g/mol. The summed E-state index contributed by atoms with van der Waals surface area (Å²) in [6, 6.07) is -0.233. The van der Waals surface area contributed by atoms with E-state index in [0.29, 0.717) is 12.1 Å². The molecule has 0 saturated carbocycles. The van der Waals surface area contributed by atoms with Gasteiger partial charge < -0.3 is 14.6 Å². The van der Waals surface area contributed by atoms with E-state index in [4.69, 9.17) is 0 Å². The van der Waals surface area contributed by atoms with Crippen molar-refractivity contribution in [3.63, 3.8) is 0 Å². The molecule has 1 aromatic heterocycles. The number of fused-ring (bicyclic) bond motifs is 1. The number of rotatable bonds is 5. The van der Waals surface area contributed by atoms with Gasteiger partial charge in [0.25, 0.3) is 0 Å². The minimum atomic E-state index is -4.69. The van der Waals surface area contributed by atoms with Gasteiger partial charge in [0.05, 0.1) is 12.2 Å². The molecular weight excluding hydrogens is 562 g/mol. The lowest BCUT2D eigenvalue weighted by molar-refractivity contribution is -0.148. The van der Waals surface area contributed by atoms with E-state index < -0.39 is 65.9 Å². The number of imidazole rings is 1. The average Bonchev–Trinajstić information content (AvgIpc) is 3.07. The highest BCUT2D eigenvalue weighted by Crippen LogP contribution is 2.34.